The van der Waals surface area contributed by atoms with Crippen LogP contribution in [-0.4, -0.2) is 24.3 Å². The summed E-state index contributed by atoms with van der Waals surface area (Å²) in [5.74, 6) is -0.279. The van der Waals surface area contributed by atoms with E-state index in [9.17, 15) is 14.0 Å². The molecule has 0 fully saturated rings. The van der Waals surface area contributed by atoms with Gasteiger partial charge in [-0.1, -0.05) is 35.6 Å². The van der Waals surface area contributed by atoms with Crippen molar-refractivity contribution < 1.29 is 18.7 Å². The van der Waals surface area contributed by atoms with Crippen molar-refractivity contribution in [2.45, 2.75) is 19.9 Å². The van der Waals surface area contributed by atoms with Crippen LogP contribution >= 0.6 is 11.3 Å². The minimum absolute atomic E-state index is 0.187. The second-order valence-corrected chi connectivity index (χ2v) is 8.14. The van der Waals surface area contributed by atoms with Gasteiger partial charge in [-0.05, 0) is 55.3 Å². The van der Waals surface area contributed by atoms with Gasteiger partial charge < -0.3 is 9.47 Å². The average molecular weight is 453 g/mol. The van der Waals surface area contributed by atoms with Crippen molar-refractivity contribution in [3.63, 3.8) is 0 Å². The number of rotatable bonds is 5. The largest absolute Gasteiger partial charge is 0.497 e. The number of allylic oxidation sites excluding steroid dienone is 1. The van der Waals surface area contributed by atoms with Crippen LogP contribution in [0.2, 0.25) is 0 Å². The summed E-state index contributed by atoms with van der Waals surface area (Å²) in [5.41, 5.74) is 1.83. The topological polar surface area (TPSA) is 69.9 Å². The molecule has 164 valence electrons. The SMILES string of the molecule is CCOC(=O)C1=C(C)N=c2s/c(=C\c3cccc(OC)c3)c(=O)n2[C@H]1c1ccc(F)cc1. The van der Waals surface area contributed by atoms with Crippen molar-refractivity contribution in [2.24, 2.45) is 4.99 Å². The van der Waals surface area contributed by atoms with Crippen LogP contribution < -0.4 is 19.6 Å². The van der Waals surface area contributed by atoms with Gasteiger partial charge in [0.1, 0.15) is 11.6 Å². The minimum Gasteiger partial charge on any atom is -0.497 e. The number of methoxy groups -OCH3 is 1. The standard InChI is InChI=1S/C24H21FN2O4S/c1-4-31-23(29)20-14(2)26-24-27(21(20)16-8-10-17(25)11-9-16)22(28)19(32-24)13-15-6-5-7-18(12-15)30-3/h5-13,21H,4H2,1-3H3/b19-13-/t21-/m0/s1. The molecule has 1 atom stereocenters. The molecule has 0 saturated heterocycles. The summed E-state index contributed by atoms with van der Waals surface area (Å²) < 4.78 is 26.0. The Morgan fingerprint density at radius 2 is 2.00 bits per heavy atom. The minimum atomic E-state index is -0.765. The molecule has 0 unspecified atom stereocenters. The second-order valence-electron chi connectivity index (χ2n) is 7.13. The maximum atomic E-state index is 13.6. The smallest absolute Gasteiger partial charge is 0.338 e. The van der Waals surface area contributed by atoms with E-state index < -0.39 is 17.8 Å². The molecular formula is C24H21FN2O4S. The highest BCUT2D eigenvalue weighted by Crippen LogP contribution is 2.30. The predicted octanol–water partition coefficient (Wildman–Crippen LogP) is 2.95. The van der Waals surface area contributed by atoms with E-state index in [2.05, 4.69) is 4.99 Å². The molecule has 2 heterocycles. The fourth-order valence-corrected chi connectivity index (χ4v) is 4.68. The molecule has 3 aromatic rings. The zero-order chi connectivity index (χ0) is 22.8. The Balaban J connectivity index is 1.94. The van der Waals surface area contributed by atoms with Gasteiger partial charge in [0, 0.05) is 0 Å². The number of carbonyl (C=O) groups excluding carboxylic acids is 1. The van der Waals surface area contributed by atoms with Crippen molar-refractivity contribution in [3.05, 3.63) is 96.4 Å². The molecule has 1 aliphatic rings. The van der Waals surface area contributed by atoms with Crippen molar-refractivity contribution >= 4 is 23.4 Å². The predicted molar refractivity (Wildman–Crippen MR) is 120 cm³/mol. The van der Waals surface area contributed by atoms with Gasteiger partial charge >= 0.3 is 5.97 Å². The van der Waals surface area contributed by atoms with Crippen LogP contribution in [0.3, 0.4) is 0 Å². The highest BCUT2D eigenvalue weighted by Gasteiger charge is 2.33. The monoisotopic (exact) mass is 452 g/mol. The molecule has 6 nitrogen and oxygen atoms in total. The first-order valence-electron chi connectivity index (χ1n) is 10.0. The van der Waals surface area contributed by atoms with Crippen LogP contribution in [0.4, 0.5) is 4.39 Å². The first-order chi connectivity index (χ1) is 15.4. The number of hydrogen-bond donors (Lipinski definition) is 0. The Hall–Kier alpha value is -3.52. The number of ether oxygens (including phenoxy) is 2. The number of thiazole rings is 1. The highest BCUT2D eigenvalue weighted by atomic mass is 32.1. The lowest BCUT2D eigenvalue weighted by atomic mass is 9.96. The molecule has 0 N–H and O–H groups in total. The average Bonchev–Trinajstić information content (AvgIpc) is 3.08. The number of nitrogens with zero attached hydrogens (tertiary/aromatic N) is 2. The lowest BCUT2D eigenvalue weighted by molar-refractivity contribution is -0.139. The van der Waals surface area contributed by atoms with E-state index in [4.69, 9.17) is 9.47 Å². The highest BCUT2D eigenvalue weighted by molar-refractivity contribution is 7.07. The maximum Gasteiger partial charge on any atom is 0.338 e. The zero-order valence-electron chi connectivity index (χ0n) is 17.8. The second kappa shape index (κ2) is 8.92. The van der Waals surface area contributed by atoms with E-state index in [1.807, 2.05) is 24.3 Å². The fraction of sp³-hybridized carbons (Fsp3) is 0.208. The Kier molecular flexibility index (Phi) is 6.05. The lowest BCUT2D eigenvalue weighted by Crippen LogP contribution is -2.39. The van der Waals surface area contributed by atoms with Gasteiger partial charge in [0.2, 0.25) is 0 Å². The summed E-state index contributed by atoms with van der Waals surface area (Å²) in [5, 5.41) is 0. The Morgan fingerprint density at radius 3 is 2.69 bits per heavy atom. The first-order valence-corrected chi connectivity index (χ1v) is 10.8. The van der Waals surface area contributed by atoms with E-state index >= 15 is 0 Å². The molecule has 32 heavy (non-hydrogen) atoms. The number of benzene rings is 2. The molecule has 2 aromatic carbocycles. The van der Waals surface area contributed by atoms with Gasteiger partial charge in [-0.15, -0.1) is 0 Å². The summed E-state index contributed by atoms with van der Waals surface area (Å²) in [6.07, 6.45) is 1.76. The summed E-state index contributed by atoms with van der Waals surface area (Å²) >= 11 is 1.23. The molecule has 0 radical (unpaired) electrons. The third kappa shape index (κ3) is 4.01. The van der Waals surface area contributed by atoms with Crippen LogP contribution in [0.1, 0.15) is 31.0 Å². The number of aromatic nitrogens is 1. The van der Waals surface area contributed by atoms with Crippen LogP contribution in [0, 0.1) is 5.82 Å². The molecule has 0 saturated carbocycles. The lowest BCUT2D eigenvalue weighted by Gasteiger charge is -2.24. The summed E-state index contributed by atoms with van der Waals surface area (Å²) in [6, 6.07) is 12.3. The number of esters is 1. The van der Waals surface area contributed by atoms with E-state index in [0.29, 0.717) is 26.3 Å². The summed E-state index contributed by atoms with van der Waals surface area (Å²) in [6.45, 7) is 3.61. The Labute approximate surface area is 187 Å². The molecule has 8 heteroatoms. The van der Waals surface area contributed by atoms with Gasteiger partial charge in [0.05, 0.1) is 35.6 Å². The Morgan fingerprint density at radius 1 is 1.25 bits per heavy atom. The third-order valence-electron chi connectivity index (χ3n) is 5.09. The van der Waals surface area contributed by atoms with Crippen LogP contribution in [0.15, 0.2) is 69.6 Å². The van der Waals surface area contributed by atoms with Gasteiger partial charge in [-0.25, -0.2) is 14.2 Å². The van der Waals surface area contributed by atoms with E-state index in [0.717, 1.165) is 5.56 Å². The van der Waals surface area contributed by atoms with Crippen LogP contribution in [0.5, 0.6) is 5.75 Å². The van der Waals surface area contributed by atoms with Crippen molar-refractivity contribution in [1.82, 2.24) is 4.57 Å². The molecule has 0 aliphatic carbocycles. The number of carbonyl (C=O) groups is 1. The normalized spacial score (nSPS) is 15.9. The van der Waals surface area contributed by atoms with Crippen molar-refractivity contribution in [2.75, 3.05) is 13.7 Å². The van der Waals surface area contributed by atoms with Gasteiger partial charge in [0.25, 0.3) is 5.56 Å². The summed E-state index contributed by atoms with van der Waals surface area (Å²) in [4.78, 5) is 31.2. The summed E-state index contributed by atoms with van der Waals surface area (Å²) in [7, 11) is 1.58. The molecule has 0 bridgehead atoms. The maximum absolute atomic E-state index is 13.6. The first kappa shape index (κ1) is 21.7. The molecule has 1 aromatic heterocycles. The zero-order valence-corrected chi connectivity index (χ0v) is 18.6. The van der Waals surface area contributed by atoms with E-state index in [1.54, 1.807) is 39.2 Å². The molecule has 4 rings (SSSR count). The van der Waals surface area contributed by atoms with Crippen LogP contribution in [0.25, 0.3) is 6.08 Å². The van der Waals surface area contributed by atoms with E-state index in [1.165, 1.54) is 28.0 Å². The van der Waals surface area contributed by atoms with Crippen molar-refractivity contribution in [3.8, 4) is 5.75 Å². The number of fused-ring (bicyclic) bond motifs is 1. The van der Waals surface area contributed by atoms with E-state index in [-0.39, 0.29) is 17.7 Å². The van der Waals surface area contributed by atoms with Crippen LogP contribution in [-0.2, 0) is 9.53 Å². The van der Waals surface area contributed by atoms with Gasteiger partial charge in [-0.2, -0.15) is 0 Å². The quantitative estimate of drug-likeness (QED) is 0.558. The molecule has 0 amide bonds. The van der Waals surface area contributed by atoms with Gasteiger partial charge in [0.15, 0.2) is 4.80 Å². The van der Waals surface area contributed by atoms with Crippen molar-refractivity contribution in [1.29, 1.82) is 0 Å². The van der Waals surface area contributed by atoms with Gasteiger partial charge in [-0.3, -0.25) is 9.36 Å². The molecule has 0 spiro atoms. The number of halogens is 1. The Bertz CT molecular complexity index is 1390. The number of hydrogen-bond acceptors (Lipinski definition) is 6. The fourth-order valence-electron chi connectivity index (χ4n) is 3.63. The molecular weight excluding hydrogens is 431 g/mol. The third-order valence-corrected chi connectivity index (χ3v) is 6.08. The molecule has 1 aliphatic heterocycles.